The molecule has 1 saturated heterocycles. The maximum absolute atomic E-state index is 12.1. The summed E-state index contributed by atoms with van der Waals surface area (Å²) >= 11 is 0. The zero-order chi connectivity index (χ0) is 17.5. The second kappa shape index (κ2) is 8.94. The maximum atomic E-state index is 12.1. The minimum absolute atomic E-state index is 0.0327. The Kier molecular flexibility index (Phi) is 6.93. The fraction of sp³-hybridized carbons (Fsp3) is 0.588. The summed E-state index contributed by atoms with van der Waals surface area (Å²) in [5.41, 5.74) is 0.801. The molecule has 0 aliphatic carbocycles. The molecular formula is C17H24F2N2O3. The zero-order valence-corrected chi connectivity index (χ0v) is 13.8. The van der Waals surface area contributed by atoms with Crippen LogP contribution in [0.3, 0.4) is 0 Å². The van der Waals surface area contributed by atoms with E-state index in [1.807, 2.05) is 4.90 Å². The van der Waals surface area contributed by atoms with E-state index in [0.29, 0.717) is 6.54 Å². The van der Waals surface area contributed by atoms with E-state index in [4.69, 9.17) is 0 Å². The summed E-state index contributed by atoms with van der Waals surface area (Å²) in [5, 5.41) is 12.3. The van der Waals surface area contributed by atoms with Crippen LogP contribution in [0.4, 0.5) is 8.78 Å². The Labute approximate surface area is 140 Å². The first-order valence-corrected chi connectivity index (χ1v) is 8.16. The molecule has 2 atom stereocenters. The average molecular weight is 342 g/mol. The first-order valence-electron chi connectivity index (χ1n) is 8.16. The second-order valence-electron chi connectivity index (χ2n) is 6.09. The van der Waals surface area contributed by atoms with Crippen LogP contribution in [0.5, 0.6) is 5.75 Å². The Morgan fingerprint density at radius 3 is 2.71 bits per heavy atom. The molecule has 7 heteroatoms. The summed E-state index contributed by atoms with van der Waals surface area (Å²) in [6, 6.07) is 6.47. The molecule has 1 aromatic carbocycles. The Balaban J connectivity index is 1.82. The molecule has 5 nitrogen and oxygen atoms in total. The molecule has 0 aromatic heterocycles. The minimum Gasteiger partial charge on any atom is -0.435 e. The van der Waals surface area contributed by atoms with Gasteiger partial charge in [-0.3, -0.25) is 9.69 Å². The highest BCUT2D eigenvalue weighted by atomic mass is 19.3. The first-order chi connectivity index (χ1) is 11.5. The smallest absolute Gasteiger partial charge is 0.387 e. The molecule has 24 heavy (non-hydrogen) atoms. The summed E-state index contributed by atoms with van der Waals surface area (Å²) in [4.78, 5) is 14.2. The summed E-state index contributed by atoms with van der Waals surface area (Å²) in [7, 11) is 0. The number of carbonyl (C=O) groups is 1. The fourth-order valence-electron chi connectivity index (χ4n) is 3.03. The lowest BCUT2D eigenvalue weighted by atomic mass is 9.97. The molecule has 1 aromatic rings. The number of aliphatic hydroxyl groups excluding tert-OH is 1. The Bertz CT molecular complexity index is 525. The molecule has 2 rings (SSSR count). The summed E-state index contributed by atoms with van der Waals surface area (Å²) in [5.74, 6) is -0.0249. The summed E-state index contributed by atoms with van der Waals surface area (Å²) in [6.07, 6.45) is 2.99. The van der Waals surface area contributed by atoms with E-state index in [1.165, 1.54) is 12.1 Å². The third-order valence-electron chi connectivity index (χ3n) is 4.37. The maximum Gasteiger partial charge on any atom is 0.387 e. The number of likely N-dealkylation sites (tertiary alicyclic amines) is 1. The molecule has 1 aliphatic heterocycles. The number of carbonyl (C=O) groups excluding carboxylic acids is 1. The Hall–Kier alpha value is -1.73. The number of nitrogens with zero attached hydrogens (tertiary/aromatic N) is 1. The van der Waals surface area contributed by atoms with Crippen LogP contribution in [0.15, 0.2) is 24.3 Å². The lowest BCUT2D eigenvalue weighted by Gasteiger charge is -2.39. The van der Waals surface area contributed by atoms with Gasteiger partial charge in [-0.05, 0) is 37.5 Å². The average Bonchev–Trinajstić information content (AvgIpc) is 2.55. The number of ether oxygens (including phenoxy) is 1. The van der Waals surface area contributed by atoms with E-state index in [2.05, 4.69) is 17.0 Å². The van der Waals surface area contributed by atoms with Crippen molar-refractivity contribution in [1.29, 1.82) is 0 Å². The van der Waals surface area contributed by atoms with Gasteiger partial charge in [0.05, 0.1) is 13.2 Å². The summed E-state index contributed by atoms with van der Waals surface area (Å²) in [6.45, 7) is -0.152. The van der Waals surface area contributed by atoms with Crippen LogP contribution in [0.2, 0.25) is 0 Å². The quantitative estimate of drug-likeness (QED) is 0.797. The van der Waals surface area contributed by atoms with Crippen LogP contribution < -0.4 is 10.1 Å². The van der Waals surface area contributed by atoms with Gasteiger partial charge in [-0.15, -0.1) is 0 Å². The SMILES string of the molecule is CC1CCCC(CO)N1CC(=O)NCc1ccc(OC(F)F)cc1. The van der Waals surface area contributed by atoms with Crippen molar-refractivity contribution < 1.29 is 23.4 Å². The van der Waals surface area contributed by atoms with Gasteiger partial charge in [-0.1, -0.05) is 18.6 Å². The van der Waals surface area contributed by atoms with Crippen molar-refractivity contribution >= 4 is 5.91 Å². The lowest BCUT2D eigenvalue weighted by molar-refractivity contribution is -0.124. The molecule has 1 heterocycles. The van der Waals surface area contributed by atoms with E-state index >= 15 is 0 Å². The minimum atomic E-state index is -2.85. The van der Waals surface area contributed by atoms with Gasteiger partial charge in [0.1, 0.15) is 5.75 Å². The Morgan fingerprint density at radius 2 is 2.08 bits per heavy atom. The predicted molar refractivity (Wildman–Crippen MR) is 85.8 cm³/mol. The number of amides is 1. The number of benzene rings is 1. The van der Waals surface area contributed by atoms with E-state index in [1.54, 1.807) is 12.1 Å². The van der Waals surface area contributed by atoms with Crippen molar-refractivity contribution in [2.24, 2.45) is 0 Å². The topological polar surface area (TPSA) is 61.8 Å². The van der Waals surface area contributed by atoms with E-state index in [-0.39, 0.29) is 36.9 Å². The third kappa shape index (κ3) is 5.42. The molecule has 0 bridgehead atoms. The van der Waals surface area contributed by atoms with Crippen LogP contribution in [0, 0.1) is 0 Å². The highest BCUT2D eigenvalue weighted by Crippen LogP contribution is 2.22. The van der Waals surface area contributed by atoms with Gasteiger partial charge < -0.3 is 15.2 Å². The van der Waals surface area contributed by atoms with Crippen molar-refractivity contribution in [1.82, 2.24) is 10.2 Å². The zero-order valence-electron chi connectivity index (χ0n) is 13.8. The number of piperidine rings is 1. The largest absolute Gasteiger partial charge is 0.435 e. The molecule has 1 aliphatic rings. The molecule has 2 unspecified atom stereocenters. The number of nitrogens with one attached hydrogen (secondary N) is 1. The highest BCUT2D eigenvalue weighted by Gasteiger charge is 2.28. The first kappa shape index (κ1) is 18.6. The molecule has 0 spiro atoms. The lowest BCUT2D eigenvalue weighted by Crippen LogP contribution is -2.51. The van der Waals surface area contributed by atoms with Crippen molar-refractivity contribution in [2.45, 2.75) is 51.4 Å². The molecule has 0 radical (unpaired) electrons. The number of halogens is 2. The van der Waals surface area contributed by atoms with Gasteiger partial charge in [-0.25, -0.2) is 0 Å². The van der Waals surface area contributed by atoms with Crippen LogP contribution >= 0.6 is 0 Å². The third-order valence-corrected chi connectivity index (χ3v) is 4.37. The number of rotatable bonds is 7. The van der Waals surface area contributed by atoms with Gasteiger partial charge in [0.25, 0.3) is 0 Å². The fourth-order valence-corrected chi connectivity index (χ4v) is 3.03. The molecular weight excluding hydrogens is 318 g/mol. The molecule has 134 valence electrons. The van der Waals surface area contributed by atoms with Crippen LogP contribution in [0.25, 0.3) is 0 Å². The van der Waals surface area contributed by atoms with Crippen LogP contribution in [-0.2, 0) is 11.3 Å². The predicted octanol–water partition coefficient (Wildman–Crippen LogP) is 2.14. The van der Waals surface area contributed by atoms with Crippen molar-refractivity contribution in [3.63, 3.8) is 0 Å². The van der Waals surface area contributed by atoms with E-state index < -0.39 is 6.61 Å². The van der Waals surface area contributed by atoms with Crippen molar-refractivity contribution in [3.8, 4) is 5.75 Å². The highest BCUT2D eigenvalue weighted by molar-refractivity contribution is 5.78. The monoisotopic (exact) mass is 342 g/mol. The number of hydrogen-bond acceptors (Lipinski definition) is 4. The van der Waals surface area contributed by atoms with Gasteiger partial charge in [0.15, 0.2) is 0 Å². The Morgan fingerprint density at radius 1 is 1.38 bits per heavy atom. The van der Waals surface area contributed by atoms with Crippen LogP contribution in [-0.4, -0.2) is 47.8 Å². The van der Waals surface area contributed by atoms with Gasteiger partial charge in [0.2, 0.25) is 5.91 Å². The second-order valence-corrected chi connectivity index (χ2v) is 6.09. The standard InChI is InChI=1S/C17H24F2N2O3/c1-12-3-2-4-14(11-22)21(12)10-16(23)20-9-13-5-7-15(8-6-13)24-17(18)19/h5-8,12,14,17,22H,2-4,9-11H2,1H3,(H,20,23). The normalized spacial score (nSPS) is 21.7. The summed E-state index contributed by atoms with van der Waals surface area (Å²) < 4.78 is 28.5. The molecule has 0 saturated carbocycles. The van der Waals surface area contributed by atoms with E-state index in [0.717, 1.165) is 24.8 Å². The van der Waals surface area contributed by atoms with Crippen molar-refractivity contribution in [2.75, 3.05) is 13.2 Å². The number of aliphatic hydroxyl groups is 1. The molecule has 1 fully saturated rings. The number of hydrogen-bond donors (Lipinski definition) is 2. The van der Waals surface area contributed by atoms with Gasteiger partial charge in [0, 0.05) is 18.6 Å². The van der Waals surface area contributed by atoms with Crippen molar-refractivity contribution in [3.05, 3.63) is 29.8 Å². The van der Waals surface area contributed by atoms with Crippen LogP contribution in [0.1, 0.15) is 31.7 Å². The van der Waals surface area contributed by atoms with Gasteiger partial charge in [-0.2, -0.15) is 8.78 Å². The number of alkyl halides is 2. The molecule has 1 amide bonds. The van der Waals surface area contributed by atoms with Gasteiger partial charge >= 0.3 is 6.61 Å². The molecule has 2 N–H and O–H groups in total. The van der Waals surface area contributed by atoms with E-state index in [9.17, 15) is 18.7 Å².